The Kier molecular flexibility index (Phi) is 3.39. The van der Waals surface area contributed by atoms with E-state index >= 15 is 0 Å². The third kappa shape index (κ3) is 2.12. The van der Waals surface area contributed by atoms with Crippen LogP contribution in [0.1, 0.15) is 45.3 Å². The highest BCUT2D eigenvalue weighted by Gasteiger charge is 2.78. The van der Waals surface area contributed by atoms with E-state index < -0.39 is 0 Å². The van der Waals surface area contributed by atoms with Gasteiger partial charge >= 0.3 is 5.97 Å². The van der Waals surface area contributed by atoms with Crippen molar-refractivity contribution in [1.82, 2.24) is 5.32 Å². The molecule has 2 saturated carbocycles. The molecule has 0 aromatic carbocycles. The second-order valence-corrected chi connectivity index (χ2v) is 8.76. The van der Waals surface area contributed by atoms with Gasteiger partial charge in [0, 0.05) is 17.9 Å². The van der Waals surface area contributed by atoms with E-state index in [1.54, 1.807) is 6.26 Å². The molecule has 1 aromatic heterocycles. The van der Waals surface area contributed by atoms with Crippen LogP contribution in [0.4, 0.5) is 0 Å². The lowest BCUT2D eigenvalue weighted by molar-refractivity contribution is -0.146. The van der Waals surface area contributed by atoms with E-state index in [1.807, 2.05) is 12.1 Å². The highest BCUT2D eigenvalue weighted by Crippen LogP contribution is 2.70. The molecule has 3 heterocycles. The molecule has 0 amide bonds. The van der Waals surface area contributed by atoms with Gasteiger partial charge in [-0.25, -0.2) is 0 Å². The van der Waals surface area contributed by atoms with E-state index in [-0.39, 0.29) is 41.0 Å². The first-order valence-corrected chi connectivity index (χ1v) is 9.66. The van der Waals surface area contributed by atoms with Gasteiger partial charge in [0.05, 0.1) is 24.8 Å². The van der Waals surface area contributed by atoms with Crippen LogP contribution in [-0.4, -0.2) is 30.3 Å². The fraction of sp³-hybridized carbons (Fsp3) is 0.750. The van der Waals surface area contributed by atoms with Crippen molar-refractivity contribution in [2.24, 2.45) is 23.2 Å². The van der Waals surface area contributed by atoms with Gasteiger partial charge in [-0.2, -0.15) is 0 Å². The molecule has 1 spiro atoms. The number of esters is 1. The summed E-state index contributed by atoms with van der Waals surface area (Å²) in [6.45, 7) is 5.95. The molecule has 1 aromatic rings. The molecule has 7 atom stereocenters. The van der Waals surface area contributed by atoms with Crippen LogP contribution in [0.3, 0.4) is 0 Å². The molecule has 5 rings (SSSR count). The number of epoxide rings is 1. The van der Waals surface area contributed by atoms with Crippen LogP contribution < -0.4 is 5.32 Å². The SMILES string of the molecule is C[C@H]1CCC[C@]2(C)C[C@H]3OC(=O)[C@H](CNCc4ccco4)[C@H]3[C@H]3O[C@@]312. The van der Waals surface area contributed by atoms with Crippen LogP contribution in [0.5, 0.6) is 0 Å². The predicted molar refractivity (Wildman–Crippen MR) is 90.6 cm³/mol. The molecule has 136 valence electrons. The van der Waals surface area contributed by atoms with Gasteiger partial charge in [0.15, 0.2) is 0 Å². The fourth-order valence-electron chi connectivity index (χ4n) is 6.23. The number of carbonyl (C=O) groups is 1. The van der Waals surface area contributed by atoms with Crippen molar-refractivity contribution in [1.29, 1.82) is 0 Å². The van der Waals surface area contributed by atoms with Gasteiger partial charge in [-0.05, 0) is 37.3 Å². The zero-order valence-electron chi connectivity index (χ0n) is 15.0. The minimum Gasteiger partial charge on any atom is -0.468 e. The van der Waals surface area contributed by atoms with Crippen molar-refractivity contribution >= 4 is 5.97 Å². The monoisotopic (exact) mass is 345 g/mol. The maximum Gasteiger partial charge on any atom is 0.311 e. The van der Waals surface area contributed by atoms with Gasteiger partial charge in [-0.3, -0.25) is 4.79 Å². The third-order valence-corrected chi connectivity index (χ3v) is 7.44. The normalized spacial score (nSPS) is 47.6. The Morgan fingerprint density at radius 3 is 3.08 bits per heavy atom. The van der Waals surface area contributed by atoms with Crippen LogP contribution in [0, 0.1) is 23.2 Å². The van der Waals surface area contributed by atoms with Crippen LogP contribution in [0.2, 0.25) is 0 Å². The Balaban J connectivity index is 1.33. The number of carbonyl (C=O) groups excluding carboxylic acids is 1. The zero-order chi connectivity index (χ0) is 17.2. The van der Waals surface area contributed by atoms with E-state index in [1.165, 1.54) is 19.3 Å². The Hall–Kier alpha value is -1.33. The smallest absolute Gasteiger partial charge is 0.311 e. The Morgan fingerprint density at radius 1 is 1.40 bits per heavy atom. The van der Waals surface area contributed by atoms with Gasteiger partial charge in [-0.1, -0.05) is 20.3 Å². The molecular formula is C20H27NO4. The molecule has 5 heteroatoms. The number of rotatable bonds is 4. The van der Waals surface area contributed by atoms with E-state index in [2.05, 4.69) is 19.2 Å². The van der Waals surface area contributed by atoms with Crippen molar-refractivity contribution in [2.75, 3.05) is 6.54 Å². The first-order valence-electron chi connectivity index (χ1n) is 9.66. The lowest BCUT2D eigenvalue weighted by Gasteiger charge is -2.48. The maximum absolute atomic E-state index is 12.5. The quantitative estimate of drug-likeness (QED) is 0.671. The number of ether oxygens (including phenoxy) is 2. The number of furan rings is 1. The Bertz CT molecular complexity index is 673. The molecule has 2 saturated heterocycles. The lowest BCUT2D eigenvalue weighted by atomic mass is 9.53. The summed E-state index contributed by atoms with van der Waals surface area (Å²) < 4.78 is 17.6. The average molecular weight is 345 g/mol. The topological polar surface area (TPSA) is 64.0 Å². The molecule has 0 radical (unpaired) electrons. The Morgan fingerprint density at radius 2 is 2.28 bits per heavy atom. The Labute approximate surface area is 148 Å². The molecule has 2 aliphatic heterocycles. The van der Waals surface area contributed by atoms with E-state index in [0.29, 0.717) is 19.0 Å². The molecular weight excluding hydrogens is 318 g/mol. The van der Waals surface area contributed by atoms with E-state index in [4.69, 9.17) is 13.9 Å². The molecule has 1 N–H and O–H groups in total. The summed E-state index contributed by atoms with van der Waals surface area (Å²) in [5.41, 5.74) is 0.146. The van der Waals surface area contributed by atoms with Gasteiger partial charge in [0.2, 0.25) is 0 Å². The molecule has 2 aliphatic carbocycles. The van der Waals surface area contributed by atoms with Gasteiger partial charge < -0.3 is 19.2 Å². The fourth-order valence-corrected chi connectivity index (χ4v) is 6.23. The molecule has 0 unspecified atom stereocenters. The molecule has 25 heavy (non-hydrogen) atoms. The summed E-state index contributed by atoms with van der Waals surface area (Å²) in [7, 11) is 0. The lowest BCUT2D eigenvalue weighted by Crippen LogP contribution is -2.54. The van der Waals surface area contributed by atoms with Crippen LogP contribution in [-0.2, 0) is 20.8 Å². The van der Waals surface area contributed by atoms with Crippen molar-refractivity contribution in [2.45, 2.75) is 63.9 Å². The zero-order valence-corrected chi connectivity index (χ0v) is 15.0. The van der Waals surface area contributed by atoms with Gasteiger partial charge in [-0.15, -0.1) is 0 Å². The van der Waals surface area contributed by atoms with Crippen molar-refractivity contribution in [3.8, 4) is 0 Å². The minimum atomic E-state index is -0.108. The standard InChI is InChI=1S/C20H27NO4/c1-12-5-3-7-19(2)9-15-16(17-20(12,19)25-17)14(18(22)24-15)11-21-10-13-6-4-8-23-13/h4,6,8,12,14-17,21H,3,5,7,9-11H2,1-2H3/t12-,14+,15+,16+,17+,19+,20+/m0/s1. The summed E-state index contributed by atoms with van der Waals surface area (Å²) in [5, 5.41) is 3.37. The second kappa shape index (κ2) is 5.34. The highest BCUT2D eigenvalue weighted by atomic mass is 16.6. The minimum absolute atomic E-state index is 0.0142. The van der Waals surface area contributed by atoms with E-state index in [9.17, 15) is 4.79 Å². The summed E-state index contributed by atoms with van der Waals surface area (Å²) in [6.07, 6.45) is 6.53. The van der Waals surface area contributed by atoms with Gasteiger partial charge in [0.25, 0.3) is 0 Å². The summed E-state index contributed by atoms with van der Waals surface area (Å²) in [6, 6.07) is 3.82. The van der Waals surface area contributed by atoms with Gasteiger partial charge in [0.1, 0.15) is 17.5 Å². The number of fused-ring (bicyclic) bond motifs is 2. The summed E-state index contributed by atoms with van der Waals surface area (Å²) in [4.78, 5) is 12.5. The predicted octanol–water partition coefficient (Wildman–Crippen LogP) is 2.89. The maximum atomic E-state index is 12.5. The van der Waals surface area contributed by atoms with Crippen molar-refractivity contribution < 1.29 is 18.7 Å². The second-order valence-electron chi connectivity index (χ2n) is 8.76. The molecule has 5 nitrogen and oxygen atoms in total. The van der Waals surface area contributed by atoms with Crippen LogP contribution in [0.25, 0.3) is 0 Å². The van der Waals surface area contributed by atoms with E-state index in [0.717, 1.165) is 12.2 Å². The average Bonchev–Trinajstić information content (AvgIpc) is 2.97. The van der Waals surface area contributed by atoms with Crippen LogP contribution in [0.15, 0.2) is 22.8 Å². The van der Waals surface area contributed by atoms with Crippen molar-refractivity contribution in [3.05, 3.63) is 24.2 Å². The van der Waals surface area contributed by atoms with Crippen LogP contribution >= 0.6 is 0 Å². The highest BCUT2D eigenvalue weighted by molar-refractivity contribution is 5.76. The molecule has 4 fully saturated rings. The largest absolute Gasteiger partial charge is 0.468 e. The summed E-state index contributed by atoms with van der Waals surface area (Å²) in [5.74, 6) is 1.50. The number of hydrogen-bond donors (Lipinski definition) is 1. The summed E-state index contributed by atoms with van der Waals surface area (Å²) >= 11 is 0. The third-order valence-electron chi connectivity index (χ3n) is 7.44. The van der Waals surface area contributed by atoms with Crippen molar-refractivity contribution in [3.63, 3.8) is 0 Å². The number of nitrogens with one attached hydrogen (secondary N) is 1. The molecule has 0 bridgehead atoms. The first-order chi connectivity index (χ1) is 12.1. The number of hydrogen-bond acceptors (Lipinski definition) is 5. The molecule has 4 aliphatic rings. The first kappa shape index (κ1) is 15.9.